The molecule has 0 aromatic carbocycles. The summed E-state index contributed by atoms with van der Waals surface area (Å²) in [5.41, 5.74) is 0.614. The fraction of sp³-hybridized carbons (Fsp3) is 0.643. The second kappa shape index (κ2) is 8.48. The van der Waals surface area contributed by atoms with Crippen LogP contribution in [0.15, 0.2) is 18.3 Å². The van der Waals surface area contributed by atoms with E-state index in [0.29, 0.717) is 10.7 Å². The highest BCUT2D eigenvalue weighted by molar-refractivity contribution is 6.31. The van der Waals surface area contributed by atoms with Crippen LogP contribution in [-0.2, 0) is 0 Å². The molecule has 1 N–H and O–H groups in total. The zero-order valence-electron chi connectivity index (χ0n) is 10.5. The van der Waals surface area contributed by atoms with Gasteiger partial charge in [-0.25, -0.2) is 0 Å². The minimum absolute atomic E-state index is 0.519. The van der Waals surface area contributed by atoms with Crippen LogP contribution in [0.4, 0.5) is 0 Å². The maximum absolute atomic E-state index is 9.96. The zero-order valence-corrected chi connectivity index (χ0v) is 11.3. The van der Waals surface area contributed by atoms with Crippen molar-refractivity contribution in [1.82, 2.24) is 4.98 Å². The maximum Gasteiger partial charge on any atom is 0.0974 e. The lowest BCUT2D eigenvalue weighted by molar-refractivity contribution is 0.159. The minimum atomic E-state index is -0.519. The predicted octanol–water partition coefficient (Wildman–Crippen LogP) is 4.52. The molecule has 0 aliphatic rings. The molecule has 0 aliphatic heterocycles. The van der Waals surface area contributed by atoms with Gasteiger partial charge in [0.2, 0.25) is 0 Å². The van der Waals surface area contributed by atoms with Crippen molar-refractivity contribution in [3.8, 4) is 0 Å². The second-order valence-corrected chi connectivity index (χ2v) is 4.85. The highest BCUT2D eigenvalue weighted by Crippen LogP contribution is 2.24. The van der Waals surface area contributed by atoms with Gasteiger partial charge < -0.3 is 5.11 Å². The Hall–Kier alpha value is -0.600. The van der Waals surface area contributed by atoms with E-state index in [1.165, 1.54) is 32.1 Å². The number of pyridine rings is 1. The van der Waals surface area contributed by atoms with Gasteiger partial charge in [-0.05, 0) is 18.6 Å². The molecule has 0 saturated carbocycles. The normalized spacial score (nSPS) is 12.6. The van der Waals surface area contributed by atoms with Gasteiger partial charge in [0.05, 0.1) is 16.8 Å². The van der Waals surface area contributed by atoms with Gasteiger partial charge >= 0.3 is 0 Å². The van der Waals surface area contributed by atoms with Gasteiger partial charge in [-0.15, -0.1) is 0 Å². The van der Waals surface area contributed by atoms with Crippen LogP contribution >= 0.6 is 11.6 Å². The number of aliphatic hydroxyl groups is 1. The van der Waals surface area contributed by atoms with E-state index in [2.05, 4.69) is 11.9 Å². The first-order valence-electron chi connectivity index (χ1n) is 6.54. The molecule has 0 amide bonds. The van der Waals surface area contributed by atoms with Gasteiger partial charge in [0.15, 0.2) is 0 Å². The molecule has 0 spiro atoms. The third kappa shape index (κ3) is 5.51. The van der Waals surface area contributed by atoms with E-state index in [0.717, 1.165) is 12.8 Å². The van der Waals surface area contributed by atoms with Crippen molar-refractivity contribution in [2.24, 2.45) is 0 Å². The van der Waals surface area contributed by atoms with Crippen LogP contribution in [0.25, 0.3) is 0 Å². The number of hydrogen-bond acceptors (Lipinski definition) is 2. The van der Waals surface area contributed by atoms with E-state index in [1.807, 2.05) is 0 Å². The summed E-state index contributed by atoms with van der Waals surface area (Å²) in [6.45, 7) is 2.22. The summed E-state index contributed by atoms with van der Waals surface area (Å²) < 4.78 is 0. The van der Waals surface area contributed by atoms with Crippen LogP contribution < -0.4 is 0 Å². The molecule has 3 heteroatoms. The topological polar surface area (TPSA) is 33.1 Å². The minimum Gasteiger partial charge on any atom is -0.387 e. The molecule has 0 saturated heterocycles. The van der Waals surface area contributed by atoms with Crippen LogP contribution in [0, 0.1) is 0 Å². The van der Waals surface area contributed by atoms with Gasteiger partial charge in [-0.2, -0.15) is 0 Å². The summed E-state index contributed by atoms with van der Waals surface area (Å²) in [5.74, 6) is 0. The summed E-state index contributed by atoms with van der Waals surface area (Å²) in [5, 5.41) is 10.5. The predicted molar refractivity (Wildman–Crippen MR) is 72.2 cm³/mol. The lowest BCUT2D eigenvalue weighted by Crippen LogP contribution is -2.01. The van der Waals surface area contributed by atoms with E-state index >= 15 is 0 Å². The summed E-state index contributed by atoms with van der Waals surface area (Å²) in [6.07, 6.45) is 9.28. The largest absolute Gasteiger partial charge is 0.387 e. The average molecular weight is 256 g/mol. The lowest BCUT2D eigenvalue weighted by Gasteiger charge is -2.11. The highest BCUT2D eigenvalue weighted by atomic mass is 35.5. The van der Waals surface area contributed by atoms with Gasteiger partial charge in [0, 0.05) is 6.20 Å². The Labute approximate surface area is 109 Å². The molecular weight excluding hydrogens is 234 g/mol. The molecule has 1 atom stereocenters. The monoisotopic (exact) mass is 255 g/mol. The average Bonchev–Trinajstić information content (AvgIpc) is 2.34. The van der Waals surface area contributed by atoms with Crippen molar-refractivity contribution in [3.63, 3.8) is 0 Å². The zero-order chi connectivity index (χ0) is 12.5. The van der Waals surface area contributed by atoms with Crippen molar-refractivity contribution in [2.45, 2.75) is 58.0 Å². The van der Waals surface area contributed by atoms with Crippen LogP contribution in [0.5, 0.6) is 0 Å². The second-order valence-electron chi connectivity index (χ2n) is 4.44. The van der Waals surface area contributed by atoms with Gasteiger partial charge in [0.1, 0.15) is 0 Å². The highest BCUT2D eigenvalue weighted by Gasteiger charge is 2.11. The Bertz CT molecular complexity index is 317. The SMILES string of the molecule is CCCCCCCCC(O)c1ncccc1Cl. The fourth-order valence-electron chi connectivity index (χ4n) is 1.90. The fourth-order valence-corrected chi connectivity index (χ4v) is 2.15. The first-order valence-corrected chi connectivity index (χ1v) is 6.92. The Balaban J connectivity index is 2.21. The molecule has 0 fully saturated rings. The van der Waals surface area contributed by atoms with Crippen molar-refractivity contribution in [2.75, 3.05) is 0 Å². The molecule has 1 unspecified atom stereocenters. The van der Waals surface area contributed by atoms with Crippen LogP contribution in [-0.4, -0.2) is 10.1 Å². The van der Waals surface area contributed by atoms with Crippen LogP contribution in [0.1, 0.15) is 63.7 Å². The molecule has 0 radical (unpaired) electrons. The molecule has 0 aliphatic carbocycles. The van der Waals surface area contributed by atoms with Crippen LogP contribution in [0.3, 0.4) is 0 Å². The Morgan fingerprint density at radius 2 is 1.94 bits per heavy atom. The molecule has 1 heterocycles. The van der Waals surface area contributed by atoms with Crippen molar-refractivity contribution >= 4 is 11.6 Å². The van der Waals surface area contributed by atoms with E-state index in [4.69, 9.17) is 11.6 Å². The Kier molecular flexibility index (Phi) is 7.22. The number of halogens is 1. The number of hydrogen-bond donors (Lipinski definition) is 1. The summed E-state index contributed by atoms with van der Waals surface area (Å²) in [7, 11) is 0. The number of nitrogens with zero attached hydrogens (tertiary/aromatic N) is 1. The molecule has 0 bridgehead atoms. The molecular formula is C14H22ClNO. The molecule has 96 valence electrons. The van der Waals surface area contributed by atoms with E-state index < -0.39 is 6.10 Å². The first-order chi connectivity index (χ1) is 8.25. The summed E-state index contributed by atoms with van der Waals surface area (Å²) in [6, 6.07) is 3.55. The maximum atomic E-state index is 9.96. The number of aliphatic hydroxyl groups excluding tert-OH is 1. The van der Waals surface area contributed by atoms with Crippen molar-refractivity contribution < 1.29 is 5.11 Å². The standard InChI is InChI=1S/C14H22ClNO/c1-2-3-4-5-6-7-10-13(17)14-12(15)9-8-11-16-14/h8-9,11,13,17H,2-7,10H2,1H3. The number of unbranched alkanes of at least 4 members (excludes halogenated alkanes) is 5. The Morgan fingerprint density at radius 1 is 1.24 bits per heavy atom. The third-order valence-corrected chi connectivity index (χ3v) is 3.25. The number of rotatable bonds is 8. The van der Waals surface area contributed by atoms with Crippen LogP contribution in [0.2, 0.25) is 5.02 Å². The molecule has 1 aromatic rings. The van der Waals surface area contributed by atoms with E-state index in [9.17, 15) is 5.11 Å². The van der Waals surface area contributed by atoms with E-state index in [-0.39, 0.29) is 0 Å². The van der Waals surface area contributed by atoms with Gasteiger partial charge in [0.25, 0.3) is 0 Å². The molecule has 17 heavy (non-hydrogen) atoms. The smallest absolute Gasteiger partial charge is 0.0974 e. The summed E-state index contributed by atoms with van der Waals surface area (Å²) >= 11 is 5.98. The Morgan fingerprint density at radius 3 is 2.65 bits per heavy atom. The molecule has 1 rings (SSSR count). The van der Waals surface area contributed by atoms with Gasteiger partial charge in [-0.3, -0.25) is 4.98 Å². The van der Waals surface area contributed by atoms with Gasteiger partial charge in [-0.1, -0.05) is 57.0 Å². The molecule has 1 aromatic heterocycles. The summed E-state index contributed by atoms with van der Waals surface area (Å²) in [4.78, 5) is 4.12. The third-order valence-electron chi connectivity index (χ3n) is 2.93. The lowest BCUT2D eigenvalue weighted by atomic mass is 10.1. The van der Waals surface area contributed by atoms with Crippen molar-refractivity contribution in [1.29, 1.82) is 0 Å². The quantitative estimate of drug-likeness (QED) is 0.693. The van der Waals surface area contributed by atoms with Crippen molar-refractivity contribution in [3.05, 3.63) is 29.0 Å². The van der Waals surface area contributed by atoms with E-state index in [1.54, 1.807) is 18.3 Å². The number of aromatic nitrogens is 1. The molecule has 2 nitrogen and oxygen atoms in total. The first kappa shape index (κ1) is 14.5.